The summed E-state index contributed by atoms with van der Waals surface area (Å²) in [7, 11) is 1.50. The highest BCUT2D eigenvalue weighted by atomic mass is 35.5. The van der Waals surface area contributed by atoms with E-state index in [-0.39, 0.29) is 22.5 Å². The molecule has 1 N–H and O–H groups in total. The summed E-state index contributed by atoms with van der Waals surface area (Å²) in [5.74, 6) is -1.26. The second kappa shape index (κ2) is 8.36. The molecule has 1 aliphatic rings. The Morgan fingerprint density at radius 2 is 1.69 bits per heavy atom. The van der Waals surface area contributed by atoms with E-state index in [1.54, 1.807) is 38.1 Å². The molecule has 2 amide bonds. The molecule has 0 fully saturated rings. The second-order valence-electron chi connectivity index (χ2n) is 6.46. The number of methoxy groups -OCH3 is 1. The molecule has 0 unspecified atom stereocenters. The van der Waals surface area contributed by atoms with Gasteiger partial charge in [-0.05, 0) is 50.2 Å². The Kier molecular flexibility index (Phi) is 5.89. The van der Waals surface area contributed by atoms with E-state index in [0.29, 0.717) is 17.0 Å². The van der Waals surface area contributed by atoms with Crippen LogP contribution in [-0.4, -0.2) is 31.0 Å². The molecule has 0 saturated heterocycles. The monoisotopic (exact) mass is 414 g/mol. The van der Waals surface area contributed by atoms with Gasteiger partial charge < -0.3 is 14.8 Å². The molecule has 0 bridgehead atoms. The summed E-state index contributed by atoms with van der Waals surface area (Å²) in [5, 5.41) is 2.65. The Hall–Kier alpha value is -3.32. The largest absolute Gasteiger partial charge is 0.495 e. The first-order valence-corrected chi connectivity index (χ1v) is 9.21. The van der Waals surface area contributed by atoms with E-state index in [2.05, 4.69) is 5.32 Å². The molecule has 8 heteroatoms. The van der Waals surface area contributed by atoms with Crippen LogP contribution in [0, 0.1) is 0 Å². The van der Waals surface area contributed by atoms with Crippen molar-refractivity contribution in [2.75, 3.05) is 17.3 Å². The van der Waals surface area contributed by atoms with Gasteiger partial charge in [0.2, 0.25) is 0 Å². The summed E-state index contributed by atoms with van der Waals surface area (Å²) in [6.45, 7) is 3.50. The van der Waals surface area contributed by atoms with Crippen LogP contribution in [0.4, 0.5) is 11.4 Å². The number of hydrogen-bond acceptors (Lipinski definition) is 6. The van der Waals surface area contributed by atoms with Crippen LogP contribution in [0.15, 0.2) is 59.3 Å². The highest BCUT2D eigenvalue weighted by Crippen LogP contribution is 2.32. The smallest absolute Gasteiger partial charge is 0.338 e. The molecule has 150 valence electrons. The second-order valence-corrected chi connectivity index (χ2v) is 6.84. The van der Waals surface area contributed by atoms with Gasteiger partial charge in [-0.15, -0.1) is 0 Å². The Morgan fingerprint density at radius 3 is 2.31 bits per heavy atom. The quantitative estimate of drug-likeness (QED) is 0.573. The minimum atomic E-state index is -0.661. The molecule has 29 heavy (non-hydrogen) atoms. The summed E-state index contributed by atoms with van der Waals surface area (Å²) < 4.78 is 10.4. The van der Waals surface area contributed by atoms with E-state index in [9.17, 15) is 14.4 Å². The fourth-order valence-electron chi connectivity index (χ4n) is 2.76. The molecule has 0 atom stereocenters. The Morgan fingerprint density at radius 1 is 1.03 bits per heavy atom. The number of carbonyl (C=O) groups excluding carboxylic acids is 3. The van der Waals surface area contributed by atoms with Crippen LogP contribution in [0.5, 0.6) is 5.75 Å². The van der Waals surface area contributed by atoms with Crippen LogP contribution in [-0.2, 0) is 14.3 Å². The molecule has 3 rings (SSSR count). The van der Waals surface area contributed by atoms with Crippen LogP contribution >= 0.6 is 11.6 Å². The molecule has 1 heterocycles. The average molecular weight is 415 g/mol. The van der Waals surface area contributed by atoms with Crippen LogP contribution in [0.1, 0.15) is 24.2 Å². The zero-order valence-electron chi connectivity index (χ0n) is 16.1. The van der Waals surface area contributed by atoms with Gasteiger partial charge >= 0.3 is 5.97 Å². The fraction of sp³-hybridized carbons (Fsp3) is 0.190. The van der Waals surface area contributed by atoms with Gasteiger partial charge in [-0.25, -0.2) is 9.69 Å². The molecule has 2 aromatic rings. The lowest BCUT2D eigenvalue weighted by molar-refractivity contribution is -0.120. The minimum Gasteiger partial charge on any atom is -0.495 e. The predicted octanol–water partition coefficient (Wildman–Crippen LogP) is 3.70. The van der Waals surface area contributed by atoms with Crippen molar-refractivity contribution in [2.45, 2.75) is 20.0 Å². The standard InChI is InChI=1S/C21H19ClN2O5/c1-12(2)29-21(27)13-8-10-14(11-9-13)24-19(25)17(22)18(20(24)26)23-15-6-4-5-7-16(15)28-3/h4-12,23H,1-3H3. The number of carbonyl (C=O) groups is 3. The topological polar surface area (TPSA) is 84.9 Å². The predicted molar refractivity (Wildman–Crippen MR) is 109 cm³/mol. The van der Waals surface area contributed by atoms with Crippen molar-refractivity contribution in [3.8, 4) is 5.75 Å². The minimum absolute atomic E-state index is 0.0514. The fourth-order valence-corrected chi connectivity index (χ4v) is 2.97. The highest BCUT2D eigenvalue weighted by Gasteiger charge is 2.39. The van der Waals surface area contributed by atoms with Crippen LogP contribution < -0.4 is 15.0 Å². The first-order valence-electron chi connectivity index (χ1n) is 8.83. The molecule has 0 spiro atoms. The van der Waals surface area contributed by atoms with Gasteiger partial charge in [-0.3, -0.25) is 9.59 Å². The number of benzene rings is 2. The molecule has 0 aromatic heterocycles. The third-order valence-corrected chi connectivity index (χ3v) is 4.45. The number of halogens is 1. The summed E-state index contributed by atoms with van der Waals surface area (Å²) in [4.78, 5) is 38.4. The average Bonchev–Trinajstić information content (AvgIpc) is 2.91. The number of hydrogen-bond donors (Lipinski definition) is 1. The number of amides is 2. The molecule has 2 aromatic carbocycles. The van der Waals surface area contributed by atoms with Gasteiger partial charge in [-0.2, -0.15) is 0 Å². The number of para-hydroxylation sites is 2. The molecule has 7 nitrogen and oxygen atoms in total. The van der Waals surface area contributed by atoms with Crippen molar-refractivity contribution in [1.82, 2.24) is 0 Å². The van der Waals surface area contributed by atoms with E-state index < -0.39 is 17.8 Å². The van der Waals surface area contributed by atoms with Crippen LogP contribution in [0.2, 0.25) is 0 Å². The van der Waals surface area contributed by atoms with Gasteiger partial charge in [-0.1, -0.05) is 23.7 Å². The highest BCUT2D eigenvalue weighted by molar-refractivity contribution is 6.53. The molecule has 0 aliphatic carbocycles. The maximum absolute atomic E-state index is 12.9. The van der Waals surface area contributed by atoms with Gasteiger partial charge in [0.05, 0.1) is 30.2 Å². The number of imide groups is 1. The third-order valence-electron chi connectivity index (χ3n) is 4.10. The molecule has 1 aliphatic heterocycles. The number of ether oxygens (including phenoxy) is 2. The van der Waals surface area contributed by atoms with E-state index >= 15 is 0 Å². The van der Waals surface area contributed by atoms with E-state index in [1.807, 2.05) is 0 Å². The van der Waals surface area contributed by atoms with Crippen molar-refractivity contribution in [1.29, 1.82) is 0 Å². The van der Waals surface area contributed by atoms with Crippen molar-refractivity contribution in [3.05, 3.63) is 64.8 Å². The van der Waals surface area contributed by atoms with E-state index in [4.69, 9.17) is 21.1 Å². The van der Waals surface area contributed by atoms with Crippen LogP contribution in [0.25, 0.3) is 0 Å². The lowest BCUT2D eigenvalue weighted by atomic mass is 10.2. The van der Waals surface area contributed by atoms with Gasteiger partial charge in [0.1, 0.15) is 16.5 Å². The normalized spacial score (nSPS) is 13.9. The Bertz CT molecular complexity index is 998. The summed E-state index contributed by atoms with van der Waals surface area (Å²) in [6, 6.07) is 12.9. The number of rotatable bonds is 6. The van der Waals surface area contributed by atoms with Crippen molar-refractivity contribution < 1.29 is 23.9 Å². The van der Waals surface area contributed by atoms with Crippen LogP contribution in [0.3, 0.4) is 0 Å². The van der Waals surface area contributed by atoms with Gasteiger partial charge in [0, 0.05) is 0 Å². The summed E-state index contributed by atoms with van der Waals surface area (Å²) in [5.41, 5.74) is 1.05. The summed E-state index contributed by atoms with van der Waals surface area (Å²) in [6.07, 6.45) is -0.254. The zero-order valence-corrected chi connectivity index (χ0v) is 16.8. The molecule has 0 radical (unpaired) electrons. The lowest BCUT2D eigenvalue weighted by Crippen LogP contribution is -2.32. The van der Waals surface area contributed by atoms with Gasteiger partial charge in [0.25, 0.3) is 11.8 Å². The van der Waals surface area contributed by atoms with Gasteiger partial charge in [0.15, 0.2) is 0 Å². The maximum atomic E-state index is 12.9. The van der Waals surface area contributed by atoms with Crippen molar-refractivity contribution in [2.24, 2.45) is 0 Å². The lowest BCUT2D eigenvalue weighted by Gasteiger charge is -2.16. The first-order chi connectivity index (χ1) is 13.8. The third kappa shape index (κ3) is 4.09. The first kappa shape index (κ1) is 20.4. The number of anilines is 2. The molecular weight excluding hydrogens is 396 g/mol. The number of nitrogens with zero attached hydrogens (tertiary/aromatic N) is 1. The Labute approximate surface area is 172 Å². The zero-order chi connectivity index (χ0) is 21.1. The molecular formula is C21H19ClN2O5. The number of esters is 1. The van der Waals surface area contributed by atoms with Crippen molar-refractivity contribution in [3.63, 3.8) is 0 Å². The van der Waals surface area contributed by atoms with E-state index in [0.717, 1.165) is 4.90 Å². The Balaban J connectivity index is 1.84. The number of nitrogens with one attached hydrogen (secondary N) is 1. The SMILES string of the molecule is COc1ccccc1NC1=C(Cl)C(=O)N(c2ccc(C(=O)OC(C)C)cc2)C1=O. The summed E-state index contributed by atoms with van der Waals surface area (Å²) >= 11 is 6.14. The maximum Gasteiger partial charge on any atom is 0.338 e. The van der Waals surface area contributed by atoms with E-state index in [1.165, 1.54) is 31.4 Å². The molecule has 0 saturated carbocycles. The van der Waals surface area contributed by atoms with Crippen molar-refractivity contribution >= 4 is 40.8 Å².